The molecule has 2 unspecified atom stereocenters. The molecule has 0 saturated heterocycles. The second-order valence-electron chi connectivity index (χ2n) is 4.57. The molecule has 116 valence electrons. The highest BCUT2D eigenvalue weighted by atomic mass is 19.4. The lowest BCUT2D eigenvalue weighted by molar-refractivity contribution is -0.209. The number of hydrogen-bond donors (Lipinski definition) is 1. The van der Waals surface area contributed by atoms with Crippen molar-refractivity contribution in [3.05, 3.63) is 35.4 Å². The van der Waals surface area contributed by atoms with Crippen LogP contribution in [0.4, 0.5) is 26.3 Å². The summed E-state index contributed by atoms with van der Waals surface area (Å²) in [5.41, 5.74) is 2.24. The Bertz CT molecular complexity index is 573. The van der Waals surface area contributed by atoms with Crippen LogP contribution in [0.25, 0.3) is 0 Å². The number of aliphatic imine (C=N–C) groups is 1. The fourth-order valence-electron chi connectivity index (χ4n) is 2.15. The number of rotatable bonds is 2. The Morgan fingerprint density at radius 3 is 2.57 bits per heavy atom. The van der Waals surface area contributed by atoms with E-state index in [0.29, 0.717) is 0 Å². The van der Waals surface area contributed by atoms with Gasteiger partial charge in [-0.15, -0.1) is 0 Å². The monoisotopic (exact) mass is 312 g/mol. The van der Waals surface area contributed by atoms with Gasteiger partial charge in [-0.25, -0.2) is 18.2 Å². The Labute approximate surface area is 115 Å². The summed E-state index contributed by atoms with van der Waals surface area (Å²) in [5, 5.41) is 0. The number of benzene rings is 1. The number of alkyl halides is 4. The van der Waals surface area contributed by atoms with Crippen molar-refractivity contribution in [1.82, 2.24) is 0 Å². The van der Waals surface area contributed by atoms with Crippen LogP contribution in [-0.2, 0) is 10.3 Å². The lowest BCUT2D eigenvalue weighted by Gasteiger charge is -2.36. The van der Waals surface area contributed by atoms with Crippen LogP contribution in [0.15, 0.2) is 23.2 Å². The number of hydrogen-bond acceptors (Lipinski definition) is 3. The highest BCUT2D eigenvalue weighted by Gasteiger charge is 2.52. The minimum absolute atomic E-state index is 0.634. The van der Waals surface area contributed by atoms with E-state index in [2.05, 4.69) is 9.73 Å². The molecule has 9 heteroatoms. The summed E-state index contributed by atoms with van der Waals surface area (Å²) in [6.07, 6.45) is -8.33. The van der Waals surface area contributed by atoms with Crippen molar-refractivity contribution in [2.45, 2.75) is 24.2 Å². The lowest BCUT2D eigenvalue weighted by atomic mass is 9.84. The van der Waals surface area contributed by atoms with Crippen molar-refractivity contribution < 1.29 is 31.1 Å². The quantitative estimate of drug-likeness (QED) is 0.854. The van der Waals surface area contributed by atoms with Crippen molar-refractivity contribution in [1.29, 1.82) is 0 Å². The third-order valence-corrected chi connectivity index (χ3v) is 3.15. The smallest absolute Gasteiger partial charge is 0.425 e. The van der Waals surface area contributed by atoms with E-state index >= 15 is 0 Å². The van der Waals surface area contributed by atoms with Crippen LogP contribution in [0.5, 0.6) is 0 Å². The number of nitrogens with two attached hydrogens (primary N) is 1. The molecule has 3 nitrogen and oxygen atoms in total. The zero-order chi connectivity index (χ0) is 15.8. The van der Waals surface area contributed by atoms with Crippen LogP contribution in [-0.4, -0.2) is 25.0 Å². The minimum Gasteiger partial charge on any atom is -0.452 e. The maximum absolute atomic E-state index is 13.8. The van der Waals surface area contributed by atoms with Gasteiger partial charge in [0.15, 0.2) is 17.7 Å². The average molecular weight is 312 g/mol. The number of amidine groups is 1. The SMILES string of the molecule is NC1=NC(CF)(c2cccc(F)c2F)CC(C(F)(F)F)O1. The second kappa shape index (κ2) is 5.12. The number of ether oxygens (including phenoxy) is 1. The van der Waals surface area contributed by atoms with Gasteiger partial charge in [-0.05, 0) is 6.07 Å². The van der Waals surface area contributed by atoms with Gasteiger partial charge in [0.25, 0.3) is 6.02 Å². The van der Waals surface area contributed by atoms with Gasteiger partial charge in [0.1, 0.15) is 12.2 Å². The summed E-state index contributed by atoms with van der Waals surface area (Å²) in [6.45, 7) is -1.48. The topological polar surface area (TPSA) is 47.6 Å². The average Bonchev–Trinajstić information content (AvgIpc) is 2.40. The predicted molar refractivity (Wildman–Crippen MR) is 61.2 cm³/mol. The summed E-state index contributed by atoms with van der Waals surface area (Å²) in [6, 6.07) is 1.85. The Kier molecular flexibility index (Phi) is 3.77. The minimum atomic E-state index is -4.84. The summed E-state index contributed by atoms with van der Waals surface area (Å²) < 4.78 is 83.0. The van der Waals surface area contributed by atoms with Crippen molar-refractivity contribution in [3.8, 4) is 0 Å². The Morgan fingerprint density at radius 2 is 2.00 bits per heavy atom. The van der Waals surface area contributed by atoms with E-state index in [1.807, 2.05) is 0 Å². The van der Waals surface area contributed by atoms with Gasteiger partial charge < -0.3 is 10.5 Å². The first kappa shape index (κ1) is 15.5. The molecule has 1 heterocycles. The molecule has 0 fully saturated rings. The third-order valence-electron chi connectivity index (χ3n) is 3.15. The van der Waals surface area contributed by atoms with Crippen LogP contribution >= 0.6 is 0 Å². The summed E-state index contributed by atoms with van der Waals surface area (Å²) in [4.78, 5) is 3.46. The molecule has 0 spiro atoms. The Hall–Kier alpha value is -1.93. The maximum atomic E-state index is 13.8. The van der Waals surface area contributed by atoms with Crippen LogP contribution in [0.2, 0.25) is 0 Å². The molecular weight excluding hydrogens is 302 g/mol. The molecule has 2 rings (SSSR count). The summed E-state index contributed by atoms with van der Waals surface area (Å²) >= 11 is 0. The Morgan fingerprint density at radius 1 is 1.33 bits per heavy atom. The highest BCUT2D eigenvalue weighted by molar-refractivity contribution is 5.73. The van der Waals surface area contributed by atoms with Gasteiger partial charge >= 0.3 is 6.18 Å². The fourth-order valence-corrected chi connectivity index (χ4v) is 2.15. The van der Waals surface area contributed by atoms with E-state index in [1.54, 1.807) is 0 Å². The molecule has 21 heavy (non-hydrogen) atoms. The maximum Gasteiger partial charge on any atom is 0.425 e. The van der Waals surface area contributed by atoms with Gasteiger partial charge in [-0.1, -0.05) is 12.1 Å². The standard InChI is InChI=1S/C12H10F6N2O/c13-5-11(6-2-1-3-7(14)9(6)15)4-8(12(16,17)18)21-10(19)20-11/h1-3,8H,4-5H2,(H2,19,20). The number of halogens is 6. The molecule has 0 bridgehead atoms. The first-order chi connectivity index (χ1) is 9.69. The van der Waals surface area contributed by atoms with E-state index in [4.69, 9.17) is 5.73 Å². The van der Waals surface area contributed by atoms with Gasteiger partial charge in [0, 0.05) is 12.0 Å². The van der Waals surface area contributed by atoms with E-state index in [-0.39, 0.29) is 0 Å². The highest BCUT2D eigenvalue weighted by Crippen LogP contribution is 2.41. The molecular formula is C12H10F6N2O. The van der Waals surface area contributed by atoms with Crippen molar-refractivity contribution in [2.24, 2.45) is 10.7 Å². The van der Waals surface area contributed by atoms with Crippen molar-refractivity contribution >= 4 is 6.02 Å². The zero-order valence-electron chi connectivity index (χ0n) is 10.4. The molecule has 1 aromatic rings. The summed E-state index contributed by atoms with van der Waals surface area (Å²) in [5.74, 6) is -2.78. The molecule has 0 radical (unpaired) electrons. The van der Waals surface area contributed by atoms with Gasteiger partial charge in [-0.3, -0.25) is 0 Å². The normalized spacial score (nSPS) is 26.2. The van der Waals surface area contributed by atoms with Crippen LogP contribution in [0.1, 0.15) is 12.0 Å². The van der Waals surface area contributed by atoms with E-state index < -0.39 is 54.1 Å². The fraction of sp³-hybridized carbons (Fsp3) is 0.417. The second-order valence-corrected chi connectivity index (χ2v) is 4.57. The van der Waals surface area contributed by atoms with E-state index in [1.165, 1.54) is 0 Å². The van der Waals surface area contributed by atoms with Gasteiger partial charge in [-0.2, -0.15) is 13.2 Å². The van der Waals surface area contributed by atoms with E-state index in [9.17, 15) is 26.3 Å². The molecule has 2 N–H and O–H groups in total. The largest absolute Gasteiger partial charge is 0.452 e. The first-order valence-electron chi connectivity index (χ1n) is 5.79. The van der Waals surface area contributed by atoms with Crippen molar-refractivity contribution in [3.63, 3.8) is 0 Å². The predicted octanol–water partition coefficient (Wildman–Crippen LogP) is 2.80. The number of nitrogens with zero attached hydrogens (tertiary/aromatic N) is 1. The van der Waals surface area contributed by atoms with Gasteiger partial charge in [0.2, 0.25) is 0 Å². The molecule has 0 amide bonds. The van der Waals surface area contributed by atoms with Crippen molar-refractivity contribution in [2.75, 3.05) is 6.67 Å². The molecule has 1 aliphatic heterocycles. The zero-order valence-corrected chi connectivity index (χ0v) is 10.4. The summed E-state index contributed by atoms with van der Waals surface area (Å²) in [7, 11) is 0. The van der Waals surface area contributed by atoms with Crippen LogP contribution in [0, 0.1) is 11.6 Å². The molecule has 1 aliphatic rings. The Balaban J connectivity index is 2.55. The van der Waals surface area contributed by atoms with Gasteiger partial charge in [0.05, 0.1) is 0 Å². The first-order valence-corrected chi connectivity index (χ1v) is 5.79. The molecule has 0 aromatic heterocycles. The molecule has 0 aliphatic carbocycles. The van der Waals surface area contributed by atoms with E-state index in [0.717, 1.165) is 18.2 Å². The lowest BCUT2D eigenvalue weighted by Crippen LogP contribution is -2.48. The van der Waals surface area contributed by atoms with Crippen LogP contribution < -0.4 is 5.73 Å². The molecule has 2 atom stereocenters. The molecule has 0 saturated carbocycles. The van der Waals surface area contributed by atoms with Crippen LogP contribution in [0.3, 0.4) is 0 Å². The molecule has 1 aromatic carbocycles. The third kappa shape index (κ3) is 2.77.